The van der Waals surface area contributed by atoms with E-state index in [1.165, 1.54) is 11.3 Å². The summed E-state index contributed by atoms with van der Waals surface area (Å²) in [5, 5.41) is 4.76. The molecule has 0 saturated heterocycles. The molecule has 1 aromatic carbocycles. The molecule has 21 heavy (non-hydrogen) atoms. The van der Waals surface area contributed by atoms with Crippen molar-refractivity contribution in [2.75, 3.05) is 13.7 Å². The Morgan fingerprint density at radius 3 is 2.90 bits per heavy atom. The van der Waals surface area contributed by atoms with Gasteiger partial charge in [-0.3, -0.25) is 4.79 Å². The van der Waals surface area contributed by atoms with Gasteiger partial charge in [-0.25, -0.2) is 4.98 Å². The molecule has 2 rings (SSSR count). The standard InChI is InChI=1S/C15H18N2O3S/c1-3-6-16-15(18)11-4-5-13(14(7-11)19-2)20-8-12-9-21-10-17-12/h4-5,7,9-10H,3,6,8H2,1-2H3,(H,16,18). The third kappa shape index (κ3) is 4.19. The Balaban J connectivity index is 2.07. The zero-order chi connectivity index (χ0) is 15.1. The highest BCUT2D eigenvalue weighted by Gasteiger charge is 2.11. The van der Waals surface area contributed by atoms with Gasteiger partial charge in [0, 0.05) is 17.5 Å². The topological polar surface area (TPSA) is 60.5 Å². The van der Waals surface area contributed by atoms with E-state index in [-0.39, 0.29) is 5.91 Å². The molecule has 112 valence electrons. The highest BCUT2D eigenvalue weighted by atomic mass is 32.1. The lowest BCUT2D eigenvalue weighted by Crippen LogP contribution is -2.23. The summed E-state index contributed by atoms with van der Waals surface area (Å²) in [6, 6.07) is 5.15. The van der Waals surface area contributed by atoms with Gasteiger partial charge in [-0.1, -0.05) is 6.92 Å². The first-order chi connectivity index (χ1) is 10.2. The van der Waals surface area contributed by atoms with Crippen molar-refractivity contribution in [3.63, 3.8) is 0 Å². The number of carbonyl (C=O) groups excluding carboxylic acids is 1. The van der Waals surface area contributed by atoms with Gasteiger partial charge in [-0.15, -0.1) is 11.3 Å². The SMILES string of the molecule is CCCNC(=O)c1ccc(OCc2cscn2)c(OC)c1. The fourth-order valence-corrected chi connectivity index (χ4v) is 2.27. The van der Waals surface area contributed by atoms with Crippen molar-refractivity contribution < 1.29 is 14.3 Å². The highest BCUT2D eigenvalue weighted by Crippen LogP contribution is 2.28. The second-order valence-corrected chi connectivity index (χ2v) is 5.11. The van der Waals surface area contributed by atoms with Crippen LogP contribution in [0, 0.1) is 0 Å². The normalized spacial score (nSPS) is 10.2. The first-order valence-electron chi connectivity index (χ1n) is 6.70. The number of rotatable bonds is 7. The Hall–Kier alpha value is -2.08. The molecule has 1 N–H and O–H groups in total. The fraction of sp³-hybridized carbons (Fsp3) is 0.333. The third-order valence-corrected chi connectivity index (χ3v) is 3.46. The maximum Gasteiger partial charge on any atom is 0.251 e. The maximum atomic E-state index is 11.9. The monoisotopic (exact) mass is 306 g/mol. The summed E-state index contributed by atoms with van der Waals surface area (Å²) < 4.78 is 11.0. The van der Waals surface area contributed by atoms with Crippen LogP contribution in [0.25, 0.3) is 0 Å². The summed E-state index contributed by atoms with van der Waals surface area (Å²) in [5.41, 5.74) is 3.19. The summed E-state index contributed by atoms with van der Waals surface area (Å²) in [4.78, 5) is 16.1. The zero-order valence-electron chi connectivity index (χ0n) is 12.1. The molecule has 6 heteroatoms. The van der Waals surface area contributed by atoms with E-state index in [2.05, 4.69) is 10.3 Å². The molecular weight excluding hydrogens is 288 g/mol. The van der Waals surface area contributed by atoms with Crippen LogP contribution in [-0.4, -0.2) is 24.5 Å². The number of aromatic nitrogens is 1. The number of thiazole rings is 1. The number of amides is 1. The number of methoxy groups -OCH3 is 1. The quantitative estimate of drug-likeness (QED) is 0.854. The molecule has 5 nitrogen and oxygen atoms in total. The van der Waals surface area contributed by atoms with Crippen LogP contribution in [0.2, 0.25) is 0 Å². The maximum absolute atomic E-state index is 11.9. The van der Waals surface area contributed by atoms with Crippen LogP contribution in [-0.2, 0) is 6.61 Å². The van der Waals surface area contributed by atoms with E-state index in [4.69, 9.17) is 9.47 Å². The van der Waals surface area contributed by atoms with Gasteiger partial charge in [0.1, 0.15) is 6.61 Å². The summed E-state index contributed by atoms with van der Waals surface area (Å²) in [7, 11) is 1.55. The van der Waals surface area contributed by atoms with Crippen LogP contribution in [0.15, 0.2) is 29.1 Å². The van der Waals surface area contributed by atoms with E-state index in [0.29, 0.717) is 30.2 Å². The number of carbonyl (C=O) groups is 1. The summed E-state index contributed by atoms with van der Waals surface area (Å²) in [6.07, 6.45) is 0.901. The number of nitrogens with one attached hydrogen (secondary N) is 1. The molecule has 1 amide bonds. The molecule has 0 radical (unpaired) electrons. The van der Waals surface area contributed by atoms with Gasteiger partial charge in [0.15, 0.2) is 11.5 Å². The first kappa shape index (κ1) is 15.3. The van der Waals surface area contributed by atoms with E-state index in [1.54, 1.807) is 30.8 Å². The second kappa shape index (κ2) is 7.64. The Labute approximate surface area is 127 Å². The first-order valence-corrected chi connectivity index (χ1v) is 7.65. The predicted octanol–water partition coefficient (Wildman–Crippen LogP) is 2.87. The molecule has 1 aromatic heterocycles. The van der Waals surface area contributed by atoms with Crippen molar-refractivity contribution in [3.05, 3.63) is 40.3 Å². The molecule has 2 aromatic rings. The van der Waals surface area contributed by atoms with Gasteiger partial charge in [0.05, 0.1) is 18.3 Å². The minimum Gasteiger partial charge on any atom is -0.493 e. The van der Waals surface area contributed by atoms with Crippen LogP contribution < -0.4 is 14.8 Å². The number of nitrogens with zero attached hydrogens (tertiary/aromatic N) is 1. The largest absolute Gasteiger partial charge is 0.493 e. The Morgan fingerprint density at radius 1 is 1.38 bits per heavy atom. The average molecular weight is 306 g/mol. The van der Waals surface area contributed by atoms with Crippen molar-refractivity contribution >= 4 is 17.2 Å². The molecule has 0 saturated carbocycles. The van der Waals surface area contributed by atoms with Gasteiger partial charge < -0.3 is 14.8 Å². The number of benzene rings is 1. The number of hydrogen-bond donors (Lipinski definition) is 1. The van der Waals surface area contributed by atoms with Gasteiger partial charge in [-0.2, -0.15) is 0 Å². The van der Waals surface area contributed by atoms with Gasteiger partial charge >= 0.3 is 0 Å². The highest BCUT2D eigenvalue weighted by molar-refractivity contribution is 7.07. The Bertz CT molecular complexity index is 585. The van der Waals surface area contributed by atoms with Crippen LogP contribution in [0.4, 0.5) is 0 Å². The molecule has 0 aliphatic heterocycles. The van der Waals surface area contributed by atoms with Crippen LogP contribution >= 0.6 is 11.3 Å². The summed E-state index contributed by atoms with van der Waals surface area (Å²) >= 11 is 1.52. The van der Waals surface area contributed by atoms with Gasteiger partial charge in [0.25, 0.3) is 5.91 Å². The van der Waals surface area contributed by atoms with Crippen molar-refractivity contribution in [1.29, 1.82) is 0 Å². The zero-order valence-corrected chi connectivity index (χ0v) is 12.9. The lowest BCUT2D eigenvalue weighted by molar-refractivity contribution is 0.0953. The lowest BCUT2D eigenvalue weighted by atomic mass is 10.2. The fourth-order valence-electron chi connectivity index (χ4n) is 1.73. The van der Waals surface area contributed by atoms with Crippen molar-refractivity contribution in [2.24, 2.45) is 0 Å². The Kier molecular flexibility index (Phi) is 5.57. The van der Waals surface area contributed by atoms with Crippen LogP contribution in [0.3, 0.4) is 0 Å². The summed E-state index contributed by atoms with van der Waals surface area (Å²) in [5.74, 6) is 1.02. The molecule has 0 fully saturated rings. The number of ether oxygens (including phenoxy) is 2. The van der Waals surface area contributed by atoms with Crippen LogP contribution in [0.5, 0.6) is 11.5 Å². The van der Waals surface area contributed by atoms with Gasteiger partial charge in [-0.05, 0) is 24.6 Å². The lowest BCUT2D eigenvalue weighted by Gasteiger charge is -2.11. The Morgan fingerprint density at radius 2 is 2.24 bits per heavy atom. The molecule has 0 atom stereocenters. The van der Waals surface area contributed by atoms with Crippen LogP contribution in [0.1, 0.15) is 29.4 Å². The molecule has 0 unspecified atom stereocenters. The van der Waals surface area contributed by atoms with Gasteiger partial charge in [0.2, 0.25) is 0 Å². The smallest absolute Gasteiger partial charge is 0.251 e. The summed E-state index contributed by atoms with van der Waals surface area (Å²) in [6.45, 7) is 3.04. The molecular formula is C15H18N2O3S. The van der Waals surface area contributed by atoms with E-state index in [1.807, 2.05) is 12.3 Å². The molecule has 0 aliphatic rings. The van der Waals surface area contributed by atoms with E-state index >= 15 is 0 Å². The number of hydrogen-bond acceptors (Lipinski definition) is 5. The third-order valence-electron chi connectivity index (χ3n) is 2.82. The minimum atomic E-state index is -0.110. The molecule has 0 aliphatic carbocycles. The van der Waals surface area contributed by atoms with E-state index in [0.717, 1.165) is 12.1 Å². The molecule has 0 bridgehead atoms. The van der Waals surface area contributed by atoms with Crippen molar-refractivity contribution in [3.8, 4) is 11.5 Å². The predicted molar refractivity (Wildman–Crippen MR) is 82.1 cm³/mol. The molecule has 0 spiro atoms. The van der Waals surface area contributed by atoms with Crippen molar-refractivity contribution in [2.45, 2.75) is 20.0 Å². The minimum absolute atomic E-state index is 0.110. The van der Waals surface area contributed by atoms with Crippen molar-refractivity contribution in [1.82, 2.24) is 10.3 Å². The van der Waals surface area contributed by atoms with E-state index in [9.17, 15) is 4.79 Å². The average Bonchev–Trinajstić information content (AvgIpc) is 3.03. The van der Waals surface area contributed by atoms with E-state index < -0.39 is 0 Å². The molecule has 1 heterocycles. The second-order valence-electron chi connectivity index (χ2n) is 4.39.